The predicted octanol–water partition coefficient (Wildman–Crippen LogP) is 3.98. The summed E-state index contributed by atoms with van der Waals surface area (Å²) in [5.74, 6) is 1.62. The molecule has 1 saturated carbocycles. The summed E-state index contributed by atoms with van der Waals surface area (Å²) in [6.45, 7) is 6.47. The fraction of sp³-hybridized carbons (Fsp3) is 0.786. The maximum absolute atomic E-state index is 6.44. The Bertz CT molecular complexity index is 364. The van der Waals surface area contributed by atoms with E-state index in [2.05, 4.69) is 25.8 Å². The molecule has 0 amide bonds. The average molecular weight is 252 g/mol. The van der Waals surface area contributed by atoms with Gasteiger partial charge in [-0.2, -0.15) is 0 Å². The molecular weight excluding hydrogens is 228 g/mol. The van der Waals surface area contributed by atoms with Crippen LogP contribution in [0.4, 0.5) is 0 Å². The fourth-order valence-electron chi connectivity index (χ4n) is 3.03. The maximum atomic E-state index is 6.44. The van der Waals surface area contributed by atoms with Gasteiger partial charge in [0.15, 0.2) is 0 Å². The molecule has 3 heteroatoms. The van der Waals surface area contributed by atoms with Crippen molar-refractivity contribution in [2.24, 2.45) is 17.6 Å². The summed E-state index contributed by atoms with van der Waals surface area (Å²) in [5, 5.41) is 1.15. The van der Waals surface area contributed by atoms with E-state index in [1.165, 1.54) is 37.0 Å². The molecule has 1 aliphatic rings. The van der Waals surface area contributed by atoms with Gasteiger partial charge in [-0.05, 0) is 38.5 Å². The highest BCUT2D eigenvalue weighted by Gasteiger charge is 2.27. The first-order chi connectivity index (χ1) is 8.11. The van der Waals surface area contributed by atoms with Crippen molar-refractivity contribution in [1.29, 1.82) is 0 Å². The van der Waals surface area contributed by atoms with E-state index in [9.17, 15) is 0 Å². The lowest BCUT2D eigenvalue weighted by molar-refractivity contribution is 0.241. The second-order valence-electron chi connectivity index (χ2n) is 5.40. The number of nitrogens with two attached hydrogens (primary N) is 1. The number of hydrogen-bond donors (Lipinski definition) is 1. The highest BCUT2D eigenvalue weighted by molar-refractivity contribution is 7.11. The number of hydrogen-bond acceptors (Lipinski definition) is 3. The van der Waals surface area contributed by atoms with Crippen molar-refractivity contribution in [2.45, 2.75) is 58.9 Å². The molecule has 0 aliphatic heterocycles. The first-order valence-corrected chi connectivity index (χ1v) is 7.63. The lowest BCUT2D eigenvalue weighted by Gasteiger charge is -2.31. The third kappa shape index (κ3) is 2.89. The molecule has 1 unspecified atom stereocenters. The second kappa shape index (κ2) is 5.49. The summed E-state index contributed by atoms with van der Waals surface area (Å²) >= 11 is 1.79. The van der Waals surface area contributed by atoms with Gasteiger partial charge in [-0.25, -0.2) is 4.98 Å². The zero-order chi connectivity index (χ0) is 12.4. The van der Waals surface area contributed by atoms with Crippen LogP contribution in [0.15, 0.2) is 0 Å². The zero-order valence-corrected chi connectivity index (χ0v) is 12.0. The van der Waals surface area contributed by atoms with Crippen molar-refractivity contribution < 1.29 is 0 Å². The molecule has 1 aromatic heterocycles. The van der Waals surface area contributed by atoms with Crippen molar-refractivity contribution in [2.75, 3.05) is 0 Å². The van der Waals surface area contributed by atoms with Crippen molar-refractivity contribution in [3.8, 4) is 0 Å². The largest absolute Gasteiger partial charge is 0.323 e. The molecule has 0 radical (unpaired) electrons. The van der Waals surface area contributed by atoms with E-state index in [0.29, 0.717) is 5.92 Å². The zero-order valence-electron chi connectivity index (χ0n) is 11.2. The van der Waals surface area contributed by atoms with Gasteiger partial charge in [0.25, 0.3) is 0 Å². The lowest BCUT2D eigenvalue weighted by Crippen LogP contribution is -2.25. The minimum Gasteiger partial charge on any atom is -0.323 e. The van der Waals surface area contributed by atoms with Crippen LogP contribution in [0.5, 0.6) is 0 Å². The van der Waals surface area contributed by atoms with E-state index in [1.54, 1.807) is 11.3 Å². The minimum absolute atomic E-state index is 0.221. The number of rotatable bonds is 3. The van der Waals surface area contributed by atoms with Gasteiger partial charge in [0, 0.05) is 10.9 Å². The molecule has 2 rings (SSSR count). The van der Waals surface area contributed by atoms with E-state index in [-0.39, 0.29) is 6.04 Å². The van der Waals surface area contributed by atoms with E-state index in [0.717, 1.165) is 16.6 Å². The van der Waals surface area contributed by atoms with Crippen molar-refractivity contribution in [3.05, 3.63) is 15.6 Å². The van der Waals surface area contributed by atoms with Crippen LogP contribution in [-0.4, -0.2) is 4.98 Å². The summed E-state index contributed by atoms with van der Waals surface area (Å²) in [5.41, 5.74) is 7.59. The first-order valence-electron chi connectivity index (χ1n) is 6.81. The Kier molecular flexibility index (Phi) is 4.21. The molecular formula is C14H24N2S. The predicted molar refractivity (Wildman–Crippen MR) is 74.3 cm³/mol. The Labute approximate surface area is 109 Å². The molecule has 1 heterocycles. The van der Waals surface area contributed by atoms with Crippen LogP contribution in [0.3, 0.4) is 0 Å². The quantitative estimate of drug-likeness (QED) is 0.884. The third-order valence-electron chi connectivity index (χ3n) is 4.22. The van der Waals surface area contributed by atoms with E-state index >= 15 is 0 Å². The molecule has 1 aliphatic carbocycles. The molecule has 17 heavy (non-hydrogen) atoms. The lowest BCUT2D eigenvalue weighted by atomic mass is 9.77. The van der Waals surface area contributed by atoms with Crippen LogP contribution < -0.4 is 5.73 Å². The average Bonchev–Trinajstić information content (AvgIpc) is 2.68. The van der Waals surface area contributed by atoms with E-state index in [4.69, 9.17) is 5.73 Å². The topological polar surface area (TPSA) is 38.9 Å². The second-order valence-corrected chi connectivity index (χ2v) is 6.63. The molecule has 2 N–H and O–H groups in total. The van der Waals surface area contributed by atoms with E-state index < -0.39 is 0 Å². The van der Waals surface area contributed by atoms with Gasteiger partial charge in [0.1, 0.15) is 0 Å². The Morgan fingerprint density at radius 1 is 1.29 bits per heavy atom. The molecule has 0 aromatic carbocycles. The van der Waals surface area contributed by atoms with Gasteiger partial charge in [-0.15, -0.1) is 11.3 Å². The monoisotopic (exact) mass is 252 g/mol. The molecule has 1 aromatic rings. The summed E-state index contributed by atoms with van der Waals surface area (Å²) in [4.78, 5) is 5.82. The summed E-state index contributed by atoms with van der Waals surface area (Å²) in [6, 6.07) is 0.221. The maximum Gasteiger partial charge on any atom is 0.0900 e. The molecule has 0 bridgehead atoms. The minimum atomic E-state index is 0.221. The van der Waals surface area contributed by atoms with Crippen molar-refractivity contribution >= 4 is 11.3 Å². The highest BCUT2D eigenvalue weighted by Crippen LogP contribution is 2.39. The van der Waals surface area contributed by atoms with Crippen LogP contribution in [0, 0.1) is 25.7 Å². The Balaban J connectivity index is 2.01. The number of aryl methyl sites for hydroxylation is 2. The molecule has 1 fully saturated rings. The first kappa shape index (κ1) is 13.0. The smallest absolute Gasteiger partial charge is 0.0900 e. The molecule has 1 atom stereocenters. The van der Waals surface area contributed by atoms with Gasteiger partial charge >= 0.3 is 0 Å². The van der Waals surface area contributed by atoms with Gasteiger partial charge in [-0.3, -0.25) is 0 Å². The normalized spacial score (nSPS) is 27.1. The molecule has 96 valence electrons. The number of aromatic nitrogens is 1. The van der Waals surface area contributed by atoms with Crippen molar-refractivity contribution in [3.63, 3.8) is 0 Å². The Morgan fingerprint density at radius 2 is 1.94 bits per heavy atom. The summed E-state index contributed by atoms with van der Waals surface area (Å²) in [6.07, 6.45) is 6.67. The molecule has 0 saturated heterocycles. The molecule has 0 spiro atoms. The number of thiazole rings is 1. The van der Waals surface area contributed by atoms with E-state index in [1.807, 2.05) is 0 Å². The number of nitrogens with zero attached hydrogens (tertiary/aromatic N) is 1. The SMILES string of the molecule is CCC1CCC(C(N)c2sc(C)nc2C)CC1. The van der Waals surface area contributed by atoms with Gasteiger partial charge < -0.3 is 5.73 Å². The standard InChI is InChI=1S/C14H24N2S/c1-4-11-5-7-12(8-6-11)13(15)14-9(2)16-10(3)17-14/h11-13H,4-8,15H2,1-3H3. The van der Waals surface area contributed by atoms with Crippen molar-refractivity contribution in [1.82, 2.24) is 4.98 Å². The van der Waals surface area contributed by atoms with Crippen LogP contribution >= 0.6 is 11.3 Å². The Morgan fingerprint density at radius 3 is 2.41 bits per heavy atom. The van der Waals surface area contributed by atoms with Crippen LogP contribution in [-0.2, 0) is 0 Å². The van der Waals surface area contributed by atoms with Crippen LogP contribution in [0.25, 0.3) is 0 Å². The van der Waals surface area contributed by atoms with Gasteiger partial charge in [0.05, 0.1) is 10.7 Å². The summed E-state index contributed by atoms with van der Waals surface area (Å²) in [7, 11) is 0. The summed E-state index contributed by atoms with van der Waals surface area (Å²) < 4.78 is 0. The molecule has 2 nitrogen and oxygen atoms in total. The fourth-order valence-corrected chi connectivity index (χ4v) is 4.05. The highest BCUT2D eigenvalue weighted by atomic mass is 32.1. The van der Waals surface area contributed by atoms with Crippen LogP contribution in [0.2, 0.25) is 0 Å². The van der Waals surface area contributed by atoms with Gasteiger partial charge in [-0.1, -0.05) is 26.2 Å². The van der Waals surface area contributed by atoms with Gasteiger partial charge in [0.2, 0.25) is 0 Å². The van der Waals surface area contributed by atoms with Crippen LogP contribution in [0.1, 0.15) is 60.6 Å². The Hall–Kier alpha value is -0.410. The third-order valence-corrected chi connectivity index (χ3v) is 5.39.